The van der Waals surface area contributed by atoms with Gasteiger partial charge in [0.25, 0.3) is 0 Å². The molecule has 2 heteroatoms. The highest BCUT2D eigenvalue weighted by molar-refractivity contribution is 5.65. The van der Waals surface area contributed by atoms with Crippen molar-refractivity contribution in [2.75, 3.05) is 0 Å². The van der Waals surface area contributed by atoms with Crippen LogP contribution in [0.1, 0.15) is 19.3 Å². The van der Waals surface area contributed by atoms with E-state index in [0.29, 0.717) is 0 Å². The van der Waals surface area contributed by atoms with Crippen LogP contribution in [0.5, 0.6) is 0 Å². The summed E-state index contributed by atoms with van der Waals surface area (Å²) >= 11 is 0. The summed E-state index contributed by atoms with van der Waals surface area (Å²) in [5, 5.41) is 3.85. The van der Waals surface area contributed by atoms with Gasteiger partial charge in [-0.05, 0) is 18.4 Å². The normalized spacial score (nSPS) is 22.4. The minimum atomic E-state index is 0.968. The van der Waals surface area contributed by atoms with Crippen molar-refractivity contribution in [3.8, 4) is 0 Å². The first-order chi connectivity index (χ1) is 4.97. The van der Waals surface area contributed by atoms with E-state index in [2.05, 4.69) is 22.7 Å². The maximum absolute atomic E-state index is 4.01. The van der Waals surface area contributed by atoms with Gasteiger partial charge in [0, 0.05) is 12.6 Å². The molecule has 0 aromatic rings. The highest BCUT2D eigenvalue weighted by Gasteiger charge is 2.11. The molecule has 0 amide bonds. The van der Waals surface area contributed by atoms with Gasteiger partial charge < -0.3 is 0 Å². The van der Waals surface area contributed by atoms with Gasteiger partial charge in [0.15, 0.2) is 0 Å². The van der Waals surface area contributed by atoms with Crippen LogP contribution >= 0.6 is 0 Å². The average molecular weight is 133 g/mol. The predicted octanol–water partition coefficient (Wildman–Crippen LogP) is 1.58. The lowest BCUT2D eigenvalue weighted by Gasteiger charge is -2.14. The van der Waals surface area contributed by atoms with E-state index in [9.17, 15) is 0 Å². The van der Waals surface area contributed by atoms with Crippen LogP contribution in [-0.4, -0.2) is 6.21 Å². The molecule has 0 saturated carbocycles. The molecule has 0 fully saturated rings. The SMILES string of the molecule is C1=N[N]C2=CCCC=C2C1. The van der Waals surface area contributed by atoms with Crippen LogP contribution in [0.15, 0.2) is 28.5 Å². The number of rotatable bonds is 0. The van der Waals surface area contributed by atoms with E-state index >= 15 is 0 Å². The van der Waals surface area contributed by atoms with E-state index in [1.807, 2.05) is 6.21 Å². The number of hydrogen-bond donors (Lipinski definition) is 0. The molecule has 1 radical (unpaired) electrons. The molecule has 2 aliphatic rings. The first kappa shape index (κ1) is 5.71. The van der Waals surface area contributed by atoms with Crippen LogP contribution in [0.25, 0.3) is 0 Å². The Bertz CT molecular complexity index is 199. The summed E-state index contributed by atoms with van der Waals surface area (Å²) in [6.07, 6.45) is 9.53. The fourth-order valence-corrected chi connectivity index (χ4v) is 1.25. The Morgan fingerprint density at radius 3 is 3.00 bits per heavy atom. The quantitative estimate of drug-likeness (QED) is 0.479. The van der Waals surface area contributed by atoms with Crippen molar-refractivity contribution in [3.63, 3.8) is 0 Å². The number of nitrogens with zero attached hydrogens (tertiary/aromatic N) is 2. The second-order valence-electron chi connectivity index (χ2n) is 2.50. The van der Waals surface area contributed by atoms with Gasteiger partial charge in [-0.3, -0.25) is 0 Å². The lowest BCUT2D eigenvalue weighted by Crippen LogP contribution is -2.09. The van der Waals surface area contributed by atoms with E-state index < -0.39 is 0 Å². The van der Waals surface area contributed by atoms with Gasteiger partial charge in [-0.1, -0.05) is 12.2 Å². The Hall–Kier alpha value is -1.05. The second-order valence-corrected chi connectivity index (χ2v) is 2.50. The Balaban J connectivity index is 2.30. The van der Waals surface area contributed by atoms with Gasteiger partial charge in [0.1, 0.15) is 0 Å². The van der Waals surface area contributed by atoms with Crippen molar-refractivity contribution in [1.82, 2.24) is 5.43 Å². The molecule has 0 atom stereocenters. The zero-order valence-electron chi connectivity index (χ0n) is 5.75. The molecule has 1 aliphatic carbocycles. The topological polar surface area (TPSA) is 26.5 Å². The van der Waals surface area contributed by atoms with Gasteiger partial charge in [-0.2, -0.15) is 10.5 Å². The van der Waals surface area contributed by atoms with E-state index in [1.165, 1.54) is 12.0 Å². The minimum Gasteiger partial charge on any atom is -0.163 e. The third-order valence-corrected chi connectivity index (χ3v) is 1.78. The van der Waals surface area contributed by atoms with Gasteiger partial charge in [0.05, 0.1) is 5.70 Å². The van der Waals surface area contributed by atoms with Gasteiger partial charge in [-0.15, -0.1) is 0 Å². The van der Waals surface area contributed by atoms with Crippen LogP contribution in [-0.2, 0) is 0 Å². The number of allylic oxidation sites excluding steroid dienone is 3. The van der Waals surface area contributed by atoms with E-state index in [-0.39, 0.29) is 0 Å². The maximum Gasteiger partial charge on any atom is 0.0849 e. The summed E-state index contributed by atoms with van der Waals surface area (Å²) in [5.74, 6) is 0. The van der Waals surface area contributed by atoms with Crippen molar-refractivity contribution in [3.05, 3.63) is 23.4 Å². The Morgan fingerprint density at radius 1 is 1.20 bits per heavy atom. The van der Waals surface area contributed by atoms with Crippen LogP contribution in [0.2, 0.25) is 0 Å². The molecular formula is C8H9N2. The average Bonchev–Trinajstić information content (AvgIpc) is 2.05. The van der Waals surface area contributed by atoms with Crippen LogP contribution < -0.4 is 5.43 Å². The highest BCUT2D eigenvalue weighted by Crippen LogP contribution is 2.21. The minimum absolute atomic E-state index is 0.968. The molecule has 0 saturated heterocycles. The monoisotopic (exact) mass is 133 g/mol. The molecule has 1 heterocycles. The lowest BCUT2D eigenvalue weighted by molar-refractivity contribution is 0.809. The van der Waals surface area contributed by atoms with Crippen molar-refractivity contribution in [2.24, 2.45) is 5.10 Å². The molecule has 1 aliphatic heterocycles. The first-order valence-corrected chi connectivity index (χ1v) is 3.59. The van der Waals surface area contributed by atoms with Crippen molar-refractivity contribution in [2.45, 2.75) is 19.3 Å². The highest BCUT2D eigenvalue weighted by atomic mass is 15.3. The largest absolute Gasteiger partial charge is 0.163 e. The standard InChI is InChI=1S/C8H9N2/c1-2-4-8-7(3-1)5-6-9-10-8/h3-4,6H,1-2,5H2. The number of hydrogen-bond acceptors (Lipinski definition) is 1. The van der Waals surface area contributed by atoms with Crippen molar-refractivity contribution >= 4 is 6.21 Å². The molecular weight excluding hydrogens is 124 g/mol. The summed E-state index contributed by atoms with van der Waals surface area (Å²) in [5.41, 5.74) is 6.45. The Morgan fingerprint density at radius 2 is 2.10 bits per heavy atom. The molecule has 0 bridgehead atoms. The van der Waals surface area contributed by atoms with Crippen LogP contribution in [0, 0.1) is 0 Å². The molecule has 0 aromatic heterocycles. The molecule has 10 heavy (non-hydrogen) atoms. The predicted molar refractivity (Wildman–Crippen MR) is 40.6 cm³/mol. The summed E-state index contributed by atoms with van der Waals surface area (Å²) < 4.78 is 0. The fraction of sp³-hybridized carbons (Fsp3) is 0.375. The lowest BCUT2D eigenvalue weighted by atomic mass is 10.0. The van der Waals surface area contributed by atoms with Gasteiger partial charge in [0.2, 0.25) is 0 Å². The van der Waals surface area contributed by atoms with E-state index in [4.69, 9.17) is 0 Å². The molecule has 0 N–H and O–H groups in total. The summed E-state index contributed by atoms with van der Waals surface area (Å²) in [4.78, 5) is 0. The maximum atomic E-state index is 4.01. The van der Waals surface area contributed by atoms with E-state index in [1.54, 1.807) is 0 Å². The van der Waals surface area contributed by atoms with Gasteiger partial charge in [-0.25, -0.2) is 0 Å². The molecule has 2 nitrogen and oxygen atoms in total. The zero-order chi connectivity index (χ0) is 6.81. The smallest absolute Gasteiger partial charge is 0.0849 e. The van der Waals surface area contributed by atoms with Crippen molar-refractivity contribution < 1.29 is 0 Å². The third-order valence-electron chi connectivity index (χ3n) is 1.78. The zero-order valence-corrected chi connectivity index (χ0v) is 5.75. The third kappa shape index (κ3) is 0.856. The number of fused-ring (bicyclic) bond motifs is 1. The van der Waals surface area contributed by atoms with E-state index in [0.717, 1.165) is 18.5 Å². The first-order valence-electron chi connectivity index (χ1n) is 3.59. The summed E-state index contributed by atoms with van der Waals surface area (Å²) in [6.45, 7) is 0. The molecule has 0 aromatic carbocycles. The fourth-order valence-electron chi connectivity index (χ4n) is 1.25. The molecule has 0 unspecified atom stereocenters. The Labute approximate surface area is 60.3 Å². The van der Waals surface area contributed by atoms with Crippen LogP contribution in [0.3, 0.4) is 0 Å². The van der Waals surface area contributed by atoms with Gasteiger partial charge >= 0.3 is 0 Å². The molecule has 2 rings (SSSR count). The van der Waals surface area contributed by atoms with Crippen molar-refractivity contribution in [1.29, 1.82) is 0 Å². The molecule has 0 spiro atoms. The summed E-state index contributed by atoms with van der Waals surface area (Å²) in [6, 6.07) is 0. The summed E-state index contributed by atoms with van der Waals surface area (Å²) in [7, 11) is 0. The Kier molecular flexibility index (Phi) is 1.31. The van der Waals surface area contributed by atoms with Crippen LogP contribution in [0.4, 0.5) is 0 Å². The second kappa shape index (κ2) is 2.29. The molecule has 51 valence electrons.